The maximum absolute atomic E-state index is 12.8. The molecule has 0 aromatic rings. The second-order valence-electron chi connectivity index (χ2n) is 8.86. The highest BCUT2D eigenvalue weighted by Crippen LogP contribution is 2.08. The Morgan fingerprint density at radius 3 is 2.33 bits per heavy atom. The van der Waals surface area contributed by atoms with Crippen molar-refractivity contribution in [3.8, 4) is 0 Å². The highest BCUT2D eigenvalue weighted by Gasteiger charge is 2.29. The first-order valence-corrected chi connectivity index (χ1v) is 12.3. The lowest BCUT2D eigenvalue weighted by Gasteiger charge is -2.24. The van der Waals surface area contributed by atoms with E-state index in [4.69, 9.17) is 5.73 Å². The SMILES string of the molecule is CCCCCCCC/C=C/C(=O)N[C@@H](CCCNC(N)=NC)C(=O)N[C@@H](CC(C)C)B(O)O. The molecule has 0 spiro atoms. The van der Waals surface area contributed by atoms with Crippen LogP contribution in [-0.2, 0) is 9.59 Å². The van der Waals surface area contributed by atoms with Crippen molar-refractivity contribution in [2.75, 3.05) is 13.6 Å². The lowest BCUT2D eigenvalue weighted by Crippen LogP contribution is -2.54. The molecule has 0 aromatic heterocycles. The van der Waals surface area contributed by atoms with Gasteiger partial charge >= 0.3 is 7.12 Å². The minimum atomic E-state index is -1.67. The van der Waals surface area contributed by atoms with Crippen molar-refractivity contribution in [1.82, 2.24) is 16.0 Å². The lowest BCUT2D eigenvalue weighted by atomic mass is 9.75. The van der Waals surface area contributed by atoms with E-state index >= 15 is 0 Å². The summed E-state index contributed by atoms with van der Waals surface area (Å²) in [4.78, 5) is 29.0. The zero-order valence-electron chi connectivity index (χ0n) is 21.0. The molecule has 0 fully saturated rings. The third kappa shape index (κ3) is 17.1. The number of aliphatic imine (C=N–C) groups is 1. The van der Waals surface area contributed by atoms with E-state index < -0.39 is 25.0 Å². The number of carbonyl (C=O) groups is 2. The molecule has 0 heterocycles. The van der Waals surface area contributed by atoms with Gasteiger partial charge in [0, 0.05) is 13.6 Å². The van der Waals surface area contributed by atoms with Gasteiger partial charge in [0.2, 0.25) is 11.8 Å². The Labute approximate surface area is 200 Å². The summed E-state index contributed by atoms with van der Waals surface area (Å²) in [6, 6.07) is -0.800. The number of guanidine groups is 1. The standard InChI is InChI=1S/C23H46BN5O4/c1-5-6-7-8-9-10-11-12-15-21(30)28-19(14-13-16-27-23(25)26-4)22(31)29-20(24(32)33)17-18(2)3/h12,15,18-20,32-33H,5-11,13-14,16-17H2,1-4H3,(H,28,30)(H,29,31)(H3,25,26,27)/b15-12+/t19-,20-/m0/s1. The van der Waals surface area contributed by atoms with E-state index in [1.165, 1.54) is 31.8 Å². The van der Waals surface area contributed by atoms with E-state index in [0.29, 0.717) is 31.8 Å². The zero-order valence-corrected chi connectivity index (χ0v) is 21.0. The largest absolute Gasteiger partial charge is 0.475 e. The number of nitrogens with zero attached hydrogens (tertiary/aromatic N) is 1. The van der Waals surface area contributed by atoms with E-state index in [2.05, 4.69) is 27.9 Å². The van der Waals surface area contributed by atoms with E-state index in [1.807, 2.05) is 19.9 Å². The number of nitrogens with one attached hydrogen (secondary N) is 3. The molecule has 9 nitrogen and oxygen atoms in total. The highest BCUT2D eigenvalue weighted by molar-refractivity contribution is 6.43. The van der Waals surface area contributed by atoms with Gasteiger partial charge in [-0.15, -0.1) is 0 Å². The fraction of sp³-hybridized carbons (Fsp3) is 0.783. The van der Waals surface area contributed by atoms with E-state index in [9.17, 15) is 19.6 Å². The smallest absolute Gasteiger partial charge is 0.426 e. The molecule has 0 rings (SSSR count). The van der Waals surface area contributed by atoms with Crippen LogP contribution < -0.4 is 21.7 Å². The van der Waals surface area contributed by atoms with Gasteiger partial charge in [0.1, 0.15) is 6.04 Å². The highest BCUT2D eigenvalue weighted by atomic mass is 16.4. The van der Waals surface area contributed by atoms with Gasteiger partial charge in [0.05, 0.1) is 5.94 Å². The molecule has 33 heavy (non-hydrogen) atoms. The number of allylic oxidation sites excluding steroid dienone is 1. The molecule has 0 aliphatic carbocycles. The predicted molar refractivity (Wildman–Crippen MR) is 135 cm³/mol. The summed E-state index contributed by atoms with van der Waals surface area (Å²) < 4.78 is 0. The van der Waals surface area contributed by atoms with Crippen molar-refractivity contribution < 1.29 is 19.6 Å². The Morgan fingerprint density at radius 1 is 1.06 bits per heavy atom. The molecule has 0 radical (unpaired) electrons. The third-order valence-electron chi connectivity index (χ3n) is 5.26. The molecule has 0 saturated carbocycles. The normalized spacial score (nSPS) is 13.7. The van der Waals surface area contributed by atoms with Gasteiger partial charge in [0.15, 0.2) is 5.96 Å². The van der Waals surface area contributed by atoms with Crippen LogP contribution in [0.15, 0.2) is 17.1 Å². The van der Waals surface area contributed by atoms with Gasteiger partial charge in [-0.3, -0.25) is 14.6 Å². The number of hydrogen-bond donors (Lipinski definition) is 6. The first kappa shape index (κ1) is 30.9. The molecular weight excluding hydrogens is 421 g/mol. The number of rotatable bonds is 18. The number of unbranched alkanes of at least 4 members (excludes halogenated alkanes) is 6. The summed E-state index contributed by atoms with van der Waals surface area (Å²) in [7, 11) is -0.0991. The minimum Gasteiger partial charge on any atom is -0.426 e. The van der Waals surface area contributed by atoms with Crippen LogP contribution in [0.3, 0.4) is 0 Å². The number of carbonyl (C=O) groups excluding carboxylic acids is 2. The summed E-state index contributed by atoms with van der Waals surface area (Å²) in [5.74, 6) is -1.12. The van der Waals surface area contributed by atoms with Crippen LogP contribution in [-0.4, -0.2) is 60.5 Å². The van der Waals surface area contributed by atoms with Gasteiger partial charge in [-0.05, 0) is 44.1 Å². The maximum Gasteiger partial charge on any atom is 0.475 e. The Kier molecular flexibility index (Phi) is 18.2. The summed E-state index contributed by atoms with van der Waals surface area (Å²) in [5.41, 5.74) is 5.61. The molecule has 0 bridgehead atoms. The molecule has 2 atom stereocenters. The Balaban J connectivity index is 4.80. The molecule has 0 saturated heterocycles. The average molecular weight is 467 g/mol. The van der Waals surface area contributed by atoms with Gasteiger partial charge < -0.3 is 31.7 Å². The first-order valence-electron chi connectivity index (χ1n) is 12.3. The average Bonchev–Trinajstić information content (AvgIpc) is 2.76. The van der Waals surface area contributed by atoms with Gasteiger partial charge in [-0.1, -0.05) is 59.0 Å². The summed E-state index contributed by atoms with van der Waals surface area (Å²) >= 11 is 0. The van der Waals surface area contributed by atoms with Crippen LogP contribution in [0.5, 0.6) is 0 Å². The van der Waals surface area contributed by atoms with Crippen LogP contribution in [0, 0.1) is 5.92 Å². The van der Waals surface area contributed by atoms with Crippen molar-refractivity contribution >= 4 is 24.9 Å². The topological polar surface area (TPSA) is 149 Å². The quantitative estimate of drug-likeness (QED) is 0.0593. The fourth-order valence-electron chi connectivity index (χ4n) is 3.37. The van der Waals surface area contributed by atoms with Crippen LogP contribution in [0.4, 0.5) is 0 Å². The van der Waals surface area contributed by atoms with Crippen LogP contribution in [0.25, 0.3) is 0 Å². The molecule has 2 amide bonds. The molecular formula is C23H46BN5O4. The summed E-state index contributed by atoms with van der Waals surface area (Å²) in [6.07, 6.45) is 12.6. The van der Waals surface area contributed by atoms with E-state index in [0.717, 1.165) is 19.3 Å². The monoisotopic (exact) mass is 467 g/mol. The third-order valence-corrected chi connectivity index (χ3v) is 5.26. The minimum absolute atomic E-state index is 0.163. The van der Waals surface area contributed by atoms with Crippen LogP contribution in [0.2, 0.25) is 0 Å². The Hall–Kier alpha value is -2.07. The number of nitrogens with two attached hydrogens (primary N) is 1. The fourth-order valence-corrected chi connectivity index (χ4v) is 3.37. The second kappa shape index (κ2) is 19.4. The Bertz CT molecular complexity index is 599. The van der Waals surface area contributed by atoms with Crippen molar-refractivity contribution in [2.24, 2.45) is 16.6 Å². The second-order valence-corrected chi connectivity index (χ2v) is 8.86. The van der Waals surface area contributed by atoms with E-state index in [-0.39, 0.29) is 11.8 Å². The molecule has 0 aliphatic rings. The van der Waals surface area contributed by atoms with Gasteiger partial charge in [0.25, 0.3) is 0 Å². The Morgan fingerprint density at radius 2 is 1.73 bits per heavy atom. The molecule has 7 N–H and O–H groups in total. The first-order chi connectivity index (χ1) is 15.7. The van der Waals surface area contributed by atoms with Gasteiger partial charge in [-0.2, -0.15) is 0 Å². The number of amides is 2. The van der Waals surface area contributed by atoms with E-state index in [1.54, 1.807) is 7.05 Å². The lowest BCUT2D eigenvalue weighted by molar-refractivity contribution is -0.127. The molecule has 0 aromatic carbocycles. The summed E-state index contributed by atoms with van der Waals surface area (Å²) in [6.45, 7) is 6.55. The maximum atomic E-state index is 12.8. The summed E-state index contributed by atoms with van der Waals surface area (Å²) in [5, 5.41) is 27.6. The number of hydrogen-bond acceptors (Lipinski definition) is 5. The van der Waals surface area contributed by atoms with Crippen molar-refractivity contribution in [3.63, 3.8) is 0 Å². The molecule has 0 unspecified atom stereocenters. The van der Waals surface area contributed by atoms with Crippen molar-refractivity contribution in [1.29, 1.82) is 0 Å². The van der Waals surface area contributed by atoms with Crippen LogP contribution >= 0.6 is 0 Å². The van der Waals surface area contributed by atoms with Crippen molar-refractivity contribution in [3.05, 3.63) is 12.2 Å². The predicted octanol–water partition coefficient (Wildman–Crippen LogP) is 1.64. The van der Waals surface area contributed by atoms with Crippen LogP contribution in [0.1, 0.15) is 85.0 Å². The van der Waals surface area contributed by atoms with Gasteiger partial charge in [-0.25, -0.2) is 0 Å². The zero-order chi connectivity index (χ0) is 25.1. The molecule has 0 aliphatic heterocycles. The molecule has 10 heteroatoms. The van der Waals surface area contributed by atoms with Crippen molar-refractivity contribution in [2.45, 2.75) is 97.0 Å². The molecule has 190 valence electrons.